The molecule has 0 unspecified atom stereocenters. The first kappa shape index (κ1) is 16.4. The van der Waals surface area contributed by atoms with Crippen LogP contribution in [0.25, 0.3) is 0 Å². The number of nitrogens with zero attached hydrogens (tertiary/aromatic N) is 2. The van der Waals surface area contributed by atoms with Crippen LogP contribution in [0.1, 0.15) is 40.0 Å². The third-order valence-electron chi connectivity index (χ3n) is 3.87. The zero-order chi connectivity index (χ0) is 14.3. The molecule has 2 N–H and O–H groups in total. The zero-order valence-electron chi connectivity index (χ0n) is 12.9. The number of rotatable bonds is 7. The van der Waals surface area contributed by atoms with Gasteiger partial charge in [-0.15, -0.1) is 0 Å². The standard InChI is InChI=1S/C15H31N3O/c1-4-5-17-6-8-18(9-7-17)15(19)11-14(12-16)10-13(2)3/h13-14H,4-12,16H2,1-3H3/t14-/m0/s1. The third-order valence-corrected chi connectivity index (χ3v) is 3.87. The van der Waals surface area contributed by atoms with Gasteiger partial charge in [0.15, 0.2) is 0 Å². The smallest absolute Gasteiger partial charge is 0.222 e. The van der Waals surface area contributed by atoms with Gasteiger partial charge in [0, 0.05) is 32.6 Å². The second-order valence-corrected chi connectivity index (χ2v) is 6.16. The molecule has 4 heteroatoms. The van der Waals surface area contributed by atoms with Crippen molar-refractivity contribution >= 4 is 5.91 Å². The first-order chi connectivity index (χ1) is 9.06. The summed E-state index contributed by atoms with van der Waals surface area (Å²) in [4.78, 5) is 16.7. The third kappa shape index (κ3) is 5.91. The van der Waals surface area contributed by atoms with Crippen molar-refractivity contribution in [3.63, 3.8) is 0 Å². The summed E-state index contributed by atoms with van der Waals surface area (Å²) in [7, 11) is 0. The maximum Gasteiger partial charge on any atom is 0.222 e. The van der Waals surface area contributed by atoms with Crippen LogP contribution in [-0.4, -0.2) is 55.0 Å². The Hall–Kier alpha value is -0.610. The van der Waals surface area contributed by atoms with E-state index >= 15 is 0 Å². The summed E-state index contributed by atoms with van der Waals surface area (Å²) in [6, 6.07) is 0. The van der Waals surface area contributed by atoms with E-state index in [0.717, 1.165) is 39.1 Å². The molecule has 1 rings (SSSR count). The molecule has 1 aliphatic rings. The lowest BCUT2D eigenvalue weighted by atomic mass is 9.93. The molecular weight excluding hydrogens is 238 g/mol. The lowest BCUT2D eigenvalue weighted by Gasteiger charge is -2.35. The lowest BCUT2D eigenvalue weighted by molar-refractivity contribution is -0.134. The van der Waals surface area contributed by atoms with Crippen molar-refractivity contribution in [2.24, 2.45) is 17.6 Å². The van der Waals surface area contributed by atoms with Gasteiger partial charge in [-0.25, -0.2) is 0 Å². The summed E-state index contributed by atoms with van der Waals surface area (Å²) in [5, 5.41) is 0. The van der Waals surface area contributed by atoms with E-state index in [-0.39, 0.29) is 0 Å². The Balaban J connectivity index is 2.33. The lowest BCUT2D eigenvalue weighted by Crippen LogP contribution is -2.49. The molecule has 0 aromatic heterocycles. The molecule has 0 bridgehead atoms. The van der Waals surface area contributed by atoms with Crippen LogP contribution in [0.2, 0.25) is 0 Å². The first-order valence-corrected chi connectivity index (χ1v) is 7.77. The van der Waals surface area contributed by atoms with Gasteiger partial charge in [-0.3, -0.25) is 9.69 Å². The van der Waals surface area contributed by atoms with Gasteiger partial charge in [0.25, 0.3) is 0 Å². The molecule has 4 nitrogen and oxygen atoms in total. The number of nitrogens with two attached hydrogens (primary N) is 1. The van der Waals surface area contributed by atoms with Gasteiger partial charge in [0.2, 0.25) is 5.91 Å². The monoisotopic (exact) mass is 269 g/mol. The van der Waals surface area contributed by atoms with Crippen LogP contribution in [0, 0.1) is 11.8 Å². The van der Waals surface area contributed by atoms with E-state index in [0.29, 0.717) is 30.7 Å². The number of carbonyl (C=O) groups is 1. The molecule has 0 saturated carbocycles. The number of carbonyl (C=O) groups excluding carboxylic acids is 1. The van der Waals surface area contributed by atoms with Crippen molar-refractivity contribution in [3.05, 3.63) is 0 Å². The summed E-state index contributed by atoms with van der Waals surface area (Å²) in [5.41, 5.74) is 5.78. The fourth-order valence-corrected chi connectivity index (χ4v) is 2.84. The van der Waals surface area contributed by atoms with Crippen molar-refractivity contribution in [2.75, 3.05) is 39.3 Å². The second kappa shape index (κ2) is 8.54. The molecule has 0 spiro atoms. The highest BCUT2D eigenvalue weighted by atomic mass is 16.2. The zero-order valence-corrected chi connectivity index (χ0v) is 12.9. The SMILES string of the molecule is CCCN1CCN(C(=O)C[C@@H](CN)CC(C)C)CC1. The van der Waals surface area contributed by atoms with Crippen LogP contribution in [0.4, 0.5) is 0 Å². The molecule has 0 radical (unpaired) electrons. The largest absolute Gasteiger partial charge is 0.340 e. The molecule has 19 heavy (non-hydrogen) atoms. The topological polar surface area (TPSA) is 49.6 Å². The normalized spacial score (nSPS) is 18.9. The molecule has 0 aromatic rings. The Labute approximate surface area is 118 Å². The number of hydrogen-bond acceptors (Lipinski definition) is 3. The van der Waals surface area contributed by atoms with Gasteiger partial charge in [0.05, 0.1) is 0 Å². The van der Waals surface area contributed by atoms with Crippen LogP contribution < -0.4 is 5.73 Å². The van der Waals surface area contributed by atoms with Crippen molar-refractivity contribution in [3.8, 4) is 0 Å². The van der Waals surface area contributed by atoms with Crippen molar-refractivity contribution < 1.29 is 4.79 Å². The molecule has 1 fully saturated rings. The molecule has 0 aliphatic carbocycles. The highest BCUT2D eigenvalue weighted by Gasteiger charge is 2.23. The fourth-order valence-electron chi connectivity index (χ4n) is 2.84. The van der Waals surface area contributed by atoms with E-state index in [9.17, 15) is 4.79 Å². The Bertz CT molecular complexity index is 260. The van der Waals surface area contributed by atoms with E-state index < -0.39 is 0 Å². The van der Waals surface area contributed by atoms with Crippen LogP contribution in [0.15, 0.2) is 0 Å². The highest BCUT2D eigenvalue weighted by Crippen LogP contribution is 2.16. The van der Waals surface area contributed by atoms with Gasteiger partial charge in [-0.1, -0.05) is 20.8 Å². The maximum absolute atomic E-state index is 12.3. The predicted octanol–water partition coefficient (Wildman–Crippen LogP) is 1.55. The number of piperazine rings is 1. The van der Waals surface area contributed by atoms with Gasteiger partial charge < -0.3 is 10.6 Å². The molecule has 112 valence electrons. The summed E-state index contributed by atoms with van der Waals surface area (Å²) >= 11 is 0. The Morgan fingerprint density at radius 1 is 1.21 bits per heavy atom. The van der Waals surface area contributed by atoms with Gasteiger partial charge in [0.1, 0.15) is 0 Å². The van der Waals surface area contributed by atoms with Gasteiger partial charge in [-0.2, -0.15) is 0 Å². The summed E-state index contributed by atoms with van der Waals surface area (Å²) in [5.74, 6) is 1.26. The van der Waals surface area contributed by atoms with E-state index in [1.54, 1.807) is 0 Å². The molecule has 1 aliphatic heterocycles. The summed E-state index contributed by atoms with van der Waals surface area (Å²) in [6.07, 6.45) is 2.87. The van der Waals surface area contributed by atoms with Crippen LogP contribution in [-0.2, 0) is 4.79 Å². The van der Waals surface area contributed by atoms with Gasteiger partial charge >= 0.3 is 0 Å². The summed E-state index contributed by atoms with van der Waals surface area (Å²) in [6.45, 7) is 12.2. The molecule has 0 aromatic carbocycles. The molecular formula is C15H31N3O. The minimum absolute atomic E-state index is 0.298. The first-order valence-electron chi connectivity index (χ1n) is 7.77. The average molecular weight is 269 g/mol. The Morgan fingerprint density at radius 2 is 1.84 bits per heavy atom. The Kier molecular flexibility index (Phi) is 7.39. The minimum atomic E-state index is 0.298. The molecule has 1 atom stereocenters. The second-order valence-electron chi connectivity index (χ2n) is 6.16. The van der Waals surface area contributed by atoms with Gasteiger partial charge in [-0.05, 0) is 37.8 Å². The maximum atomic E-state index is 12.3. The van der Waals surface area contributed by atoms with Crippen LogP contribution in [0.5, 0.6) is 0 Å². The van der Waals surface area contributed by atoms with Crippen molar-refractivity contribution in [1.82, 2.24) is 9.80 Å². The van der Waals surface area contributed by atoms with E-state index in [1.807, 2.05) is 4.90 Å². The fraction of sp³-hybridized carbons (Fsp3) is 0.933. The molecule has 1 amide bonds. The molecule has 1 heterocycles. The predicted molar refractivity (Wildman–Crippen MR) is 79.9 cm³/mol. The number of amides is 1. The van der Waals surface area contributed by atoms with Crippen LogP contribution >= 0.6 is 0 Å². The summed E-state index contributed by atoms with van der Waals surface area (Å²) < 4.78 is 0. The molecule has 1 saturated heterocycles. The number of hydrogen-bond donors (Lipinski definition) is 1. The van der Waals surface area contributed by atoms with E-state index in [4.69, 9.17) is 5.73 Å². The quantitative estimate of drug-likeness (QED) is 0.763. The van der Waals surface area contributed by atoms with E-state index in [1.165, 1.54) is 6.42 Å². The Morgan fingerprint density at radius 3 is 2.32 bits per heavy atom. The average Bonchev–Trinajstić information content (AvgIpc) is 2.38. The highest BCUT2D eigenvalue weighted by molar-refractivity contribution is 5.76. The van der Waals surface area contributed by atoms with E-state index in [2.05, 4.69) is 25.7 Å². The van der Waals surface area contributed by atoms with Crippen LogP contribution in [0.3, 0.4) is 0 Å². The van der Waals surface area contributed by atoms with Crippen molar-refractivity contribution in [2.45, 2.75) is 40.0 Å². The minimum Gasteiger partial charge on any atom is -0.340 e. The van der Waals surface area contributed by atoms with Crippen molar-refractivity contribution in [1.29, 1.82) is 0 Å².